The van der Waals surface area contributed by atoms with E-state index in [4.69, 9.17) is 4.74 Å². The van der Waals surface area contributed by atoms with Crippen LogP contribution in [0.15, 0.2) is 36.4 Å². The number of halogens is 3. The molecule has 0 fully saturated rings. The van der Waals surface area contributed by atoms with Crippen LogP contribution in [0, 0.1) is 6.92 Å². The van der Waals surface area contributed by atoms with Gasteiger partial charge in [-0.2, -0.15) is 13.2 Å². The molecule has 0 bridgehead atoms. The highest BCUT2D eigenvalue weighted by atomic mass is 32.1. The van der Waals surface area contributed by atoms with Gasteiger partial charge in [0.1, 0.15) is 5.69 Å². The molecule has 0 saturated carbocycles. The number of carbonyl (C=O) groups excluding carboxylic acids is 1. The van der Waals surface area contributed by atoms with Crippen molar-refractivity contribution in [1.82, 2.24) is 9.88 Å². The maximum absolute atomic E-state index is 12.8. The van der Waals surface area contributed by atoms with Gasteiger partial charge in [0.25, 0.3) is 5.91 Å². The number of nitrogens with zero attached hydrogens (tertiary/aromatic N) is 1. The van der Waals surface area contributed by atoms with Gasteiger partial charge in [0.15, 0.2) is 0 Å². The third-order valence-corrected chi connectivity index (χ3v) is 5.15. The second-order valence-corrected chi connectivity index (χ2v) is 7.45. The lowest BCUT2D eigenvalue weighted by Gasteiger charge is -2.12. The number of fused-ring (bicyclic) bond motifs is 1. The number of carbonyl (C=O) groups is 1. The van der Waals surface area contributed by atoms with Crippen LogP contribution in [0.1, 0.15) is 26.5 Å². The van der Waals surface area contributed by atoms with Crippen LogP contribution in [0.2, 0.25) is 0 Å². The number of benzene rings is 1. The first-order chi connectivity index (χ1) is 12.8. The minimum Gasteiger partial charge on any atom is -0.383 e. The summed E-state index contributed by atoms with van der Waals surface area (Å²) in [6, 6.07) is 8.82. The van der Waals surface area contributed by atoms with E-state index in [1.165, 1.54) is 12.1 Å². The summed E-state index contributed by atoms with van der Waals surface area (Å²) < 4.78 is 46.0. The zero-order valence-electron chi connectivity index (χ0n) is 14.9. The van der Waals surface area contributed by atoms with E-state index in [-0.39, 0.29) is 5.91 Å². The van der Waals surface area contributed by atoms with Crippen LogP contribution >= 0.6 is 11.3 Å². The first-order valence-corrected chi connectivity index (χ1v) is 9.14. The van der Waals surface area contributed by atoms with E-state index in [9.17, 15) is 18.0 Å². The highest BCUT2D eigenvalue weighted by Crippen LogP contribution is 2.31. The number of amides is 1. The molecule has 3 aromatic rings. The molecule has 1 aromatic carbocycles. The minimum absolute atomic E-state index is 0.236. The Hall–Kier alpha value is -2.32. The number of aromatic nitrogens is 1. The molecule has 0 aliphatic rings. The van der Waals surface area contributed by atoms with E-state index >= 15 is 0 Å². The molecule has 1 amide bonds. The monoisotopic (exact) mass is 396 g/mol. The summed E-state index contributed by atoms with van der Waals surface area (Å²) in [5, 5.41) is 2.79. The zero-order chi connectivity index (χ0) is 19.6. The highest BCUT2D eigenvalue weighted by Gasteiger charge is 2.30. The third kappa shape index (κ3) is 4.33. The quantitative estimate of drug-likeness (QED) is 0.626. The number of ether oxygens (including phenoxy) is 1. The van der Waals surface area contributed by atoms with E-state index in [0.717, 1.165) is 27.2 Å². The van der Waals surface area contributed by atoms with Gasteiger partial charge in [-0.05, 0) is 36.8 Å². The van der Waals surface area contributed by atoms with Gasteiger partial charge in [-0.3, -0.25) is 4.79 Å². The first kappa shape index (κ1) is 19.4. The number of nitrogens with one attached hydrogen (secondary N) is 1. The van der Waals surface area contributed by atoms with Crippen LogP contribution in [0.3, 0.4) is 0 Å². The topological polar surface area (TPSA) is 43.3 Å². The molecule has 2 heterocycles. The second-order valence-electron chi connectivity index (χ2n) is 6.17. The predicted octanol–water partition coefficient (Wildman–Crippen LogP) is 4.45. The molecule has 0 radical (unpaired) electrons. The Bertz CT molecular complexity index is 942. The molecular weight excluding hydrogens is 377 g/mol. The standard InChI is InChI=1S/C19H19F3N2O2S/c1-12-9-15-17(27-12)10-16(18(25)23-7-8-26-2)24(15)11-13-3-5-14(6-4-13)19(20,21)22/h3-6,9-10H,7-8,11H2,1-2H3,(H,23,25). The summed E-state index contributed by atoms with van der Waals surface area (Å²) in [5.74, 6) is -0.236. The van der Waals surface area contributed by atoms with Crippen molar-refractivity contribution in [2.24, 2.45) is 0 Å². The van der Waals surface area contributed by atoms with Crippen molar-refractivity contribution in [2.75, 3.05) is 20.3 Å². The third-order valence-electron chi connectivity index (χ3n) is 4.16. The van der Waals surface area contributed by atoms with Crippen LogP contribution in [0.4, 0.5) is 13.2 Å². The molecule has 3 rings (SSSR count). The van der Waals surface area contributed by atoms with Gasteiger partial charge < -0.3 is 14.6 Å². The van der Waals surface area contributed by atoms with Crippen molar-refractivity contribution in [1.29, 1.82) is 0 Å². The van der Waals surface area contributed by atoms with Crippen molar-refractivity contribution >= 4 is 27.5 Å². The largest absolute Gasteiger partial charge is 0.416 e. The van der Waals surface area contributed by atoms with Crippen molar-refractivity contribution in [3.8, 4) is 0 Å². The van der Waals surface area contributed by atoms with Gasteiger partial charge >= 0.3 is 6.18 Å². The van der Waals surface area contributed by atoms with E-state index < -0.39 is 11.7 Å². The van der Waals surface area contributed by atoms with E-state index in [1.807, 2.05) is 23.6 Å². The van der Waals surface area contributed by atoms with Crippen molar-refractivity contribution < 1.29 is 22.7 Å². The molecule has 0 aliphatic carbocycles. The fourth-order valence-corrected chi connectivity index (χ4v) is 3.82. The Morgan fingerprint density at radius 3 is 2.56 bits per heavy atom. The van der Waals surface area contributed by atoms with E-state index in [1.54, 1.807) is 18.4 Å². The number of hydrogen-bond acceptors (Lipinski definition) is 3. The molecule has 0 spiro atoms. The number of rotatable bonds is 6. The predicted molar refractivity (Wildman–Crippen MR) is 99.3 cm³/mol. The van der Waals surface area contributed by atoms with Crippen LogP contribution in [0.25, 0.3) is 10.2 Å². The molecule has 8 heteroatoms. The summed E-state index contributed by atoms with van der Waals surface area (Å²) >= 11 is 1.57. The summed E-state index contributed by atoms with van der Waals surface area (Å²) in [4.78, 5) is 13.6. The zero-order valence-corrected chi connectivity index (χ0v) is 15.7. The summed E-state index contributed by atoms with van der Waals surface area (Å²) in [6.45, 7) is 3.07. The molecule has 1 N–H and O–H groups in total. The first-order valence-electron chi connectivity index (χ1n) is 8.32. The number of methoxy groups -OCH3 is 1. The van der Waals surface area contributed by atoms with E-state index in [2.05, 4.69) is 5.32 Å². The average molecular weight is 396 g/mol. The molecule has 0 unspecified atom stereocenters. The Morgan fingerprint density at radius 1 is 1.22 bits per heavy atom. The maximum atomic E-state index is 12.8. The fourth-order valence-electron chi connectivity index (χ4n) is 2.86. The molecule has 0 aliphatic heterocycles. The molecule has 2 aromatic heterocycles. The van der Waals surface area contributed by atoms with E-state index in [0.29, 0.717) is 31.0 Å². The lowest BCUT2D eigenvalue weighted by atomic mass is 10.1. The lowest BCUT2D eigenvalue weighted by Crippen LogP contribution is -2.29. The van der Waals surface area contributed by atoms with Gasteiger partial charge in [0.2, 0.25) is 0 Å². The van der Waals surface area contributed by atoms with Crippen LogP contribution in [0.5, 0.6) is 0 Å². The average Bonchev–Trinajstić information content (AvgIpc) is 3.12. The van der Waals surface area contributed by atoms with Crippen LogP contribution in [-0.2, 0) is 17.5 Å². The number of hydrogen-bond donors (Lipinski definition) is 1. The van der Waals surface area contributed by atoms with Gasteiger partial charge in [-0.15, -0.1) is 11.3 Å². The fraction of sp³-hybridized carbons (Fsp3) is 0.316. The molecule has 0 saturated heterocycles. The summed E-state index contributed by atoms with van der Waals surface area (Å²) in [6.07, 6.45) is -4.36. The highest BCUT2D eigenvalue weighted by molar-refractivity contribution is 7.19. The Morgan fingerprint density at radius 2 is 1.93 bits per heavy atom. The van der Waals surface area contributed by atoms with Crippen molar-refractivity contribution in [2.45, 2.75) is 19.6 Å². The molecule has 27 heavy (non-hydrogen) atoms. The summed E-state index contributed by atoms with van der Waals surface area (Å²) in [5.41, 5.74) is 1.38. The summed E-state index contributed by atoms with van der Waals surface area (Å²) in [7, 11) is 1.55. The van der Waals surface area contributed by atoms with Crippen LogP contribution < -0.4 is 5.32 Å². The molecule has 144 valence electrons. The van der Waals surface area contributed by atoms with Gasteiger partial charge in [-0.1, -0.05) is 12.1 Å². The molecular formula is C19H19F3N2O2S. The molecule has 4 nitrogen and oxygen atoms in total. The Kier molecular flexibility index (Phi) is 5.57. The van der Waals surface area contributed by atoms with Gasteiger partial charge in [-0.25, -0.2) is 0 Å². The molecule has 0 atom stereocenters. The minimum atomic E-state index is -4.36. The second kappa shape index (κ2) is 7.74. The van der Waals surface area contributed by atoms with Crippen molar-refractivity contribution in [3.05, 3.63) is 58.1 Å². The normalized spacial score (nSPS) is 11.9. The van der Waals surface area contributed by atoms with Crippen molar-refractivity contribution in [3.63, 3.8) is 0 Å². The number of alkyl halides is 3. The van der Waals surface area contributed by atoms with Gasteiger partial charge in [0.05, 0.1) is 22.4 Å². The smallest absolute Gasteiger partial charge is 0.383 e. The number of aryl methyl sites for hydroxylation is 1. The maximum Gasteiger partial charge on any atom is 0.416 e. The number of thiophene rings is 1. The van der Waals surface area contributed by atoms with Gasteiger partial charge in [0, 0.05) is 25.1 Å². The SMILES string of the molecule is COCCNC(=O)c1cc2sc(C)cc2n1Cc1ccc(C(F)(F)F)cc1. The Labute approximate surface area is 158 Å². The Balaban J connectivity index is 1.91. The van der Waals surface area contributed by atoms with Crippen LogP contribution in [-0.4, -0.2) is 30.7 Å². The lowest BCUT2D eigenvalue weighted by molar-refractivity contribution is -0.137.